The van der Waals surface area contributed by atoms with Crippen LogP contribution in [0.5, 0.6) is 0 Å². The average molecular weight is 462 g/mol. The topological polar surface area (TPSA) is 134 Å². The highest BCUT2D eigenvalue weighted by atomic mass is 32.2. The summed E-state index contributed by atoms with van der Waals surface area (Å²) < 4.78 is 55.6. The summed E-state index contributed by atoms with van der Waals surface area (Å²) >= 11 is 0. The van der Waals surface area contributed by atoms with Gasteiger partial charge in [-0.2, -0.15) is 5.10 Å². The number of sulfonamides is 2. The quantitative estimate of drug-likeness (QED) is 0.472. The molecule has 1 aliphatic rings. The summed E-state index contributed by atoms with van der Waals surface area (Å²) in [5.41, 5.74) is 0.853. The third-order valence-corrected chi connectivity index (χ3v) is 7.72. The van der Waals surface area contributed by atoms with E-state index in [0.29, 0.717) is 22.9 Å². The zero-order valence-corrected chi connectivity index (χ0v) is 18.7. The Labute approximate surface area is 181 Å². The van der Waals surface area contributed by atoms with Crippen molar-refractivity contribution in [2.45, 2.75) is 48.4 Å². The SMILES string of the molecule is CC(C)c1nc(-c2ccccc2NS(=O)(=O)c2ccc(S(=O)(=O)NC3CC3)cc2)n[nH]1. The molecule has 3 aromatic rings. The van der Waals surface area contributed by atoms with Gasteiger partial charge in [0, 0.05) is 17.5 Å². The highest BCUT2D eigenvalue weighted by Gasteiger charge is 2.28. The van der Waals surface area contributed by atoms with Crippen LogP contribution in [0.4, 0.5) is 5.69 Å². The number of H-pyrrole nitrogens is 1. The Morgan fingerprint density at radius 3 is 2.13 bits per heavy atom. The molecule has 164 valence electrons. The minimum absolute atomic E-state index is 0.0284. The zero-order valence-electron chi connectivity index (χ0n) is 17.0. The van der Waals surface area contributed by atoms with E-state index in [4.69, 9.17) is 0 Å². The van der Waals surface area contributed by atoms with Crippen molar-refractivity contribution in [3.8, 4) is 11.4 Å². The summed E-state index contributed by atoms with van der Waals surface area (Å²) in [6.45, 7) is 3.95. The van der Waals surface area contributed by atoms with Crippen molar-refractivity contribution >= 4 is 25.7 Å². The van der Waals surface area contributed by atoms with Gasteiger partial charge in [-0.3, -0.25) is 9.82 Å². The molecule has 1 heterocycles. The molecule has 0 aliphatic heterocycles. The van der Waals surface area contributed by atoms with E-state index in [1.165, 1.54) is 24.3 Å². The number of aromatic nitrogens is 3. The summed E-state index contributed by atoms with van der Waals surface area (Å²) in [6.07, 6.45) is 1.64. The van der Waals surface area contributed by atoms with Crippen molar-refractivity contribution in [3.63, 3.8) is 0 Å². The fourth-order valence-corrected chi connectivity index (χ4v) is 5.30. The maximum Gasteiger partial charge on any atom is 0.261 e. The molecule has 0 bridgehead atoms. The Bertz CT molecular complexity index is 1300. The third-order valence-electron chi connectivity index (χ3n) is 4.81. The number of nitrogens with zero attached hydrogens (tertiary/aromatic N) is 2. The largest absolute Gasteiger partial charge is 0.279 e. The van der Waals surface area contributed by atoms with Crippen molar-refractivity contribution in [3.05, 3.63) is 54.4 Å². The molecular weight excluding hydrogens is 438 g/mol. The standard InChI is InChI=1S/C20H23N5O4S2/c1-13(2)19-21-20(23-22-19)17-5-3-4-6-18(17)25-31(28,29)16-11-9-15(10-12-16)30(26,27)24-14-7-8-14/h3-6,9-14,24-25H,7-8H2,1-2H3,(H,21,22,23). The number of benzene rings is 2. The molecular formula is C20H23N5O4S2. The van der Waals surface area contributed by atoms with Crippen LogP contribution >= 0.6 is 0 Å². The molecule has 11 heteroatoms. The first kappa shape index (κ1) is 21.5. The Morgan fingerprint density at radius 1 is 0.935 bits per heavy atom. The second kappa shape index (κ2) is 8.06. The van der Waals surface area contributed by atoms with Gasteiger partial charge >= 0.3 is 0 Å². The maximum atomic E-state index is 12.9. The van der Waals surface area contributed by atoms with Gasteiger partial charge in [0.1, 0.15) is 5.82 Å². The number of rotatable bonds is 8. The highest BCUT2D eigenvalue weighted by Crippen LogP contribution is 2.28. The lowest BCUT2D eigenvalue weighted by atomic mass is 10.1. The Kier molecular flexibility index (Phi) is 5.58. The number of hydrogen-bond donors (Lipinski definition) is 3. The monoisotopic (exact) mass is 461 g/mol. The van der Waals surface area contributed by atoms with Gasteiger partial charge in [0.25, 0.3) is 10.0 Å². The summed E-state index contributed by atoms with van der Waals surface area (Å²) in [5, 5.41) is 7.06. The number of hydrogen-bond acceptors (Lipinski definition) is 6. The van der Waals surface area contributed by atoms with Crippen LogP contribution in [-0.2, 0) is 20.0 Å². The normalized spacial score (nSPS) is 14.7. The van der Waals surface area contributed by atoms with Crippen LogP contribution in [0.3, 0.4) is 0 Å². The Morgan fingerprint density at radius 2 is 1.55 bits per heavy atom. The average Bonchev–Trinajstić information content (AvgIpc) is 3.38. The summed E-state index contributed by atoms with van der Waals surface area (Å²) in [7, 11) is -7.61. The van der Waals surface area contributed by atoms with Crippen LogP contribution in [-0.4, -0.2) is 38.1 Å². The van der Waals surface area contributed by atoms with Gasteiger partial charge in [0.2, 0.25) is 10.0 Å². The second-order valence-corrected chi connectivity index (χ2v) is 11.1. The number of para-hydroxylation sites is 1. The molecule has 1 saturated carbocycles. The van der Waals surface area contributed by atoms with E-state index < -0.39 is 20.0 Å². The Hall–Kier alpha value is -2.76. The predicted octanol–water partition coefficient (Wildman–Crippen LogP) is 2.84. The lowest BCUT2D eigenvalue weighted by Crippen LogP contribution is -2.25. The van der Waals surface area contributed by atoms with Crippen molar-refractivity contribution < 1.29 is 16.8 Å². The van der Waals surface area contributed by atoms with Gasteiger partial charge in [-0.15, -0.1) is 0 Å². The lowest BCUT2D eigenvalue weighted by molar-refractivity contribution is 0.580. The molecule has 4 rings (SSSR count). The van der Waals surface area contributed by atoms with E-state index in [0.717, 1.165) is 12.8 Å². The van der Waals surface area contributed by atoms with Crippen LogP contribution in [0.2, 0.25) is 0 Å². The first-order chi connectivity index (χ1) is 14.7. The number of aromatic amines is 1. The summed E-state index contributed by atoms with van der Waals surface area (Å²) in [6, 6.07) is 11.9. The zero-order chi connectivity index (χ0) is 22.2. The fourth-order valence-electron chi connectivity index (χ4n) is 2.91. The molecule has 0 amide bonds. The molecule has 0 saturated heterocycles. The van der Waals surface area contributed by atoms with Gasteiger partial charge in [-0.25, -0.2) is 26.5 Å². The molecule has 0 spiro atoms. The van der Waals surface area contributed by atoms with E-state index in [9.17, 15) is 16.8 Å². The number of anilines is 1. The molecule has 1 aliphatic carbocycles. The first-order valence-electron chi connectivity index (χ1n) is 9.82. The minimum Gasteiger partial charge on any atom is -0.279 e. The van der Waals surface area contributed by atoms with E-state index in [-0.39, 0.29) is 21.8 Å². The molecule has 1 aromatic heterocycles. The van der Waals surface area contributed by atoms with Crippen LogP contribution in [0, 0.1) is 0 Å². The van der Waals surface area contributed by atoms with E-state index >= 15 is 0 Å². The maximum absolute atomic E-state index is 12.9. The van der Waals surface area contributed by atoms with E-state index in [1.807, 2.05) is 13.8 Å². The lowest BCUT2D eigenvalue weighted by Gasteiger charge is -2.12. The molecule has 0 unspecified atom stereocenters. The molecule has 0 radical (unpaired) electrons. The fraction of sp³-hybridized carbons (Fsp3) is 0.300. The van der Waals surface area contributed by atoms with Crippen LogP contribution < -0.4 is 9.44 Å². The minimum atomic E-state index is -3.96. The number of nitrogens with one attached hydrogen (secondary N) is 3. The van der Waals surface area contributed by atoms with Crippen molar-refractivity contribution in [2.24, 2.45) is 0 Å². The van der Waals surface area contributed by atoms with Crippen LogP contribution in [0.1, 0.15) is 38.4 Å². The smallest absolute Gasteiger partial charge is 0.261 e. The van der Waals surface area contributed by atoms with Crippen molar-refractivity contribution in [1.82, 2.24) is 19.9 Å². The third kappa shape index (κ3) is 4.78. The van der Waals surface area contributed by atoms with E-state index in [1.54, 1.807) is 24.3 Å². The van der Waals surface area contributed by atoms with E-state index in [2.05, 4.69) is 24.6 Å². The predicted molar refractivity (Wildman–Crippen MR) is 117 cm³/mol. The molecule has 31 heavy (non-hydrogen) atoms. The van der Waals surface area contributed by atoms with Gasteiger partial charge in [-0.05, 0) is 49.2 Å². The summed E-state index contributed by atoms with van der Waals surface area (Å²) in [4.78, 5) is 4.41. The Balaban J connectivity index is 1.59. The van der Waals surface area contributed by atoms with Crippen LogP contribution in [0.25, 0.3) is 11.4 Å². The molecule has 1 fully saturated rings. The summed E-state index contributed by atoms with van der Waals surface area (Å²) in [5.74, 6) is 1.23. The first-order valence-corrected chi connectivity index (χ1v) is 12.8. The van der Waals surface area contributed by atoms with Crippen molar-refractivity contribution in [2.75, 3.05) is 4.72 Å². The van der Waals surface area contributed by atoms with Crippen LogP contribution in [0.15, 0.2) is 58.3 Å². The van der Waals surface area contributed by atoms with Gasteiger partial charge in [0.05, 0.1) is 15.5 Å². The van der Waals surface area contributed by atoms with Gasteiger partial charge in [0.15, 0.2) is 5.82 Å². The molecule has 2 aromatic carbocycles. The van der Waals surface area contributed by atoms with Gasteiger partial charge < -0.3 is 0 Å². The molecule has 0 atom stereocenters. The van der Waals surface area contributed by atoms with Gasteiger partial charge in [-0.1, -0.05) is 26.0 Å². The van der Waals surface area contributed by atoms with Crippen molar-refractivity contribution in [1.29, 1.82) is 0 Å². The highest BCUT2D eigenvalue weighted by molar-refractivity contribution is 7.92. The molecule has 9 nitrogen and oxygen atoms in total. The second-order valence-electron chi connectivity index (χ2n) is 7.72. The molecule has 3 N–H and O–H groups in total.